The molecule has 7 nitrogen and oxygen atoms in total. The van der Waals surface area contributed by atoms with Crippen molar-refractivity contribution in [2.75, 3.05) is 13.4 Å². The fourth-order valence-corrected chi connectivity index (χ4v) is 3.04. The first-order chi connectivity index (χ1) is 15.0. The van der Waals surface area contributed by atoms with E-state index in [1.807, 2.05) is 51.1 Å². The van der Waals surface area contributed by atoms with Crippen molar-refractivity contribution in [3.8, 4) is 6.07 Å². The molecule has 0 saturated carbocycles. The second-order valence-corrected chi connectivity index (χ2v) is 9.13. The minimum absolute atomic E-state index is 0.00268. The zero-order valence-corrected chi connectivity index (χ0v) is 20.1. The number of hydrogen-bond donors (Lipinski definition) is 0. The first kappa shape index (κ1) is 25.0. The molecule has 1 aromatic carbocycles. The molecular weight excluding hydrogens is 406 g/mol. The van der Waals surface area contributed by atoms with Crippen molar-refractivity contribution in [1.29, 1.82) is 5.26 Å². The van der Waals surface area contributed by atoms with E-state index in [0.717, 1.165) is 17.7 Å². The van der Waals surface area contributed by atoms with Gasteiger partial charge in [-0.05, 0) is 41.9 Å². The number of nitriles is 1. The van der Waals surface area contributed by atoms with E-state index >= 15 is 0 Å². The lowest BCUT2D eigenvalue weighted by Crippen LogP contribution is -2.13. The zero-order valence-electron chi connectivity index (χ0n) is 20.1. The number of ether oxygens (including phenoxy) is 3. The summed E-state index contributed by atoms with van der Waals surface area (Å²) in [4.78, 5) is 11.8. The number of hydrogen-bond acceptors (Lipinski definition) is 6. The molecule has 32 heavy (non-hydrogen) atoms. The zero-order chi connectivity index (χ0) is 23.9. The van der Waals surface area contributed by atoms with Crippen LogP contribution in [0.4, 0.5) is 4.79 Å². The average molecular weight is 440 g/mol. The number of carbonyl (C=O) groups excluding carboxylic acids is 1. The van der Waals surface area contributed by atoms with Gasteiger partial charge in [-0.25, -0.2) is 4.79 Å². The summed E-state index contributed by atoms with van der Waals surface area (Å²) >= 11 is 0. The van der Waals surface area contributed by atoms with Crippen LogP contribution >= 0.6 is 0 Å². The van der Waals surface area contributed by atoms with Gasteiger partial charge in [-0.15, -0.1) is 0 Å². The monoisotopic (exact) mass is 439 g/mol. The van der Waals surface area contributed by atoms with Gasteiger partial charge in [0.1, 0.15) is 17.3 Å². The largest absolute Gasteiger partial charge is 0.511 e. The molecule has 0 fully saturated rings. The standard InChI is InChI=1S/C25H33N3O4/c1-17(2)12-13-30-24(29)32-16-31-23(22-14-18(3)27-28(22)7)21(15-26)19-8-10-20(11-9-19)25(4,5)6/h8-11,14,17H,12-13,16H2,1-7H3/b23-21-. The van der Waals surface area contributed by atoms with E-state index in [-0.39, 0.29) is 24.6 Å². The van der Waals surface area contributed by atoms with Gasteiger partial charge in [0.25, 0.3) is 0 Å². The van der Waals surface area contributed by atoms with Crippen molar-refractivity contribution in [3.05, 3.63) is 52.8 Å². The quantitative estimate of drug-likeness (QED) is 0.231. The van der Waals surface area contributed by atoms with Crippen LogP contribution in [0.3, 0.4) is 0 Å². The Labute approximate surface area is 190 Å². The van der Waals surface area contributed by atoms with Crippen LogP contribution in [0.25, 0.3) is 11.3 Å². The average Bonchev–Trinajstić information content (AvgIpc) is 3.04. The van der Waals surface area contributed by atoms with Crippen LogP contribution in [0, 0.1) is 24.2 Å². The van der Waals surface area contributed by atoms with Crippen molar-refractivity contribution in [2.24, 2.45) is 13.0 Å². The number of benzene rings is 1. The second kappa shape index (κ2) is 10.9. The molecule has 0 bridgehead atoms. The number of aromatic nitrogens is 2. The maximum atomic E-state index is 11.8. The lowest BCUT2D eigenvalue weighted by Gasteiger charge is -2.19. The van der Waals surface area contributed by atoms with Gasteiger partial charge in [0, 0.05) is 7.05 Å². The molecular formula is C25H33N3O4. The van der Waals surface area contributed by atoms with Crippen molar-refractivity contribution < 1.29 is 19.0 Å². The van der Waals surface area contributed by atoms with E-state index < -0.39 is 6.16 Å². The summed E-state index contributed by atoms with van der Waals surface area (Å²) in [5.41, 5.74) is 3.56. The molecule has 0 atom stereocenters. The maximum Gasteiger partial charge on any atom is 0.511 e. The highest BCUT2D eigenvalue weighted by Crippen LogP contribution is 2.30. The molecule has 1 aromatic heterocycles. The molecule has 0 unspecified atom stereocenters. The Morgan fingerprint density at radius 2 is 1.81 bits per heavy atom. The molecule has 0 N–H and O–H groups in total. The minimum Gasteiger partial charge on any atom is -0.454 e. The summed E-state index contributed by atoms with van der Waals surface area (Å²) in [6.07, 6.45) is -0.0577. The highest BCUT2D eigenvalue weighted by atomic mass is 16.8. The van der Waals surface area contributed by atoms with Crippen LogP contribution in [0.5, 0.6) is 0 Å². The van der Waals surface area contributed by atoms with E-state index in [2.05, 4.69) is 31.9 Å². The first-order valence-corrected chi connectivity index (χ1v) is 10.7. The van der Waals surface area contributed by atoms with Crippen LogP contribution in [0.2, 0.25) is 0 Å². The predicted octanol–water partition coefficient (Wildman–Crippen LogP) is 5.59. The SMILES string of the molecule is Cc1cc(/C(OCOC(=O)OCCC(C)C)=C(\C#N)c2ccc(C(C)(C)C)cc2)n(C)n1. The van der Waals surface area contributed by atoms with Gasteiger partial charge < -0.3 is 14.2 Å². The number of carbonyl (C=O) groups is 1. The lowest BCUT2D eigenvalue weighted by molar-refractivity contribution is -0.00690. The Hall–Kier alpha value is -3.27. The molecule has 0 amide bonds. The summed E-state index contributed by atoms with van der Waals surface area (Å²) < 4.78 is 17.5. The van der Waals surface area contributed by atoms with Crippen molar-refractivity contribution >= 4 is 17.5 Å². The van der Waals surface area contributed by atoms with Crippen LogP contribution in [-0.2, 0) is 26.7 Å². The summed E-state index contributed by atoms with van der Waals surface area (Å²) in [6, 6.07) is 11.8. The number of allylic oxidation sites excluding steroid dienone is 1. The summed E-state index contributed by atoms with van der Waals surface area (Å²) in [5, 5.41) is 14.3. The van der Waals surface area contributed by atoms with Gasteiger partial charge in [0.05, 0.1) is 12.3 Å². The Bertz CT molecular complexity index is 990. The topological polar surface area (TPSA) is 86.4 Å². The van der Waals surface area contributed by atoms with Gasteiger partial charge in [0.15, 0.2) is 5.76 Å². The number of nitrogens with zero attached hydrogens (tertiary/aromatic N) is 3. The fraction of sp³-hybridized carbons (Fsp3) is 0.480. The van der Waals surface area contributed by atoms with E-state index in [1.54, 1.807) is 11.7 Å². The molecule has 0 saturated heterocycles. The smallest absolute Gasteiger partial charge is 0.454 e. The number of rotatable bonds is 8. The summed E-state index contributed by atoms with van der Waals surface area (Å²) in [5.74, 6) is 0.707. The van der Waals surface area contributed by atoms with Gasteiger partial charge in [-0.1, -0.05) is 58.9 Å². The van der Waals surface area contributed by atoms with Crippen molar-refractivity contribution in [2.45, 2.75) is 53.4 Å². The third kappa shape index (κ3) is 6.88. The molecule has 7 heteroatoms. The molecule has 2 rings (SSSR count). The fourth-order valence-electron chi connectivity index (χ4n) is 3.04. The molecule has 0 aliphatic heterocycles. The summed E-state index contributed by atoms with van der Waals surface area (Å²) in [7, 11) is 1.77. The van der Waals surface area contributed by atoms with Gasteiger partial charge in [-0.3, -0.25) is 4.68 Å². The van der Waals surface area contributed by atoms with Crippen molar-refractivity contribution in [1.82, 2.24) is 9.78 Å². The molecule has 0 aliphatic carbocycles. The number of aryl methyl sites for hydroxylation is 2. The molecule has 0 spiro atoms. The van der Waals surface area contributed by atoms with Gasteiger partial charge in [-0.2, -0.15) is 10.4 Å². The van der Waals surface area contributed by atoms with E-state index in [0.29, 0.717) is 22.7 Å². The highest BCUT2D eigenvalue weighted by Gasteiger charge is 2.20. The Kier molecular flexibility index (Phi) is 8.48. The molecule has 2 aromatic rings. The molecule has 172 valence electrons. The Balaban J connectivity index is 2.29. The molecule has 0 aliphatic rings. The Morgan fingerprint density at radius 1 is 1.16 bits per heavy atom. The molecule has 1 heterocycles. The van der Waals surface area contributed by atoms with Crippen molar-refractivity contribution in [3.63, 3.8) is 0 Å². The normalized spacial score (nSPS) is 12.2. The lowest BCUT2D eigenvalue weighted by atomic mass is 9.86. The van der Waals surface area contributed by atoms with Gasteiger partial charge in [0.2, 0.25) is 6.79 Å². The van der Waals surface area contributed by atoms with Crippen LogP contribution < -0.4 is 0 Å². The highest BCUT2D eigenvalue weighted by molar-refractivity contribution is 5.94. The van der Waals surface area contributed by atoms with Crippen LogP contribution in [0.15, 0.2) is 30.3 Å². The van der Waals surface area contributed by atoms with E-state index in [4.69, 9.17) is 14.2 Å². The third-order valence-electron chi connectivity index (χ3n) is 4.91. The minimum atomic E-state index is -0.806. The first-order valence-electron chi connectivity index (χ1n) is 10.7. The van der Waals surface area contributed by atoms with E-state index in [1.165, 1.54) is 0 Å². The van der Waals surface area contributed by atoms with Gasteiger partial charge >= 0.3 is 6.16 Å². The summed E-state index contributed by atoms with van der Waals surface area (Å²) in [6.45, 7) is 12.2. The maximum absolute atomic E-state index is 11.8. The van der Waals surface area contributed by atoms with E-state index in [9.17, 15) is 10.1 Å². The second-order valence-electron chi connectivity index (χ2n) is 9.13. The molecule has 0 radical (unpaired) electrons. The van der Waals surface area contributed by atoms with Crippen LogP contribution in [0.1, 0.15) is 63.6 Å². The predicted molar refractivity (Wildman–Crippen MR) is 123 cm³/mol. The Morgan fingerprint density at radius 3 is 2.31 bits per heavy atom. The third-order valence-corrected chi connectivity index (χ3v) is 4.91. The van der Waals surface area contributed by atoms with Crippen LogP contribution in [-0.4, -0.2) is 29.3 Å².